The Morgan fingerprint density at radius 3 is 0.771 bits per heavy atom. The minimum Gasteiger partial charge on any atom is -0.265 e. The predicted molar refractivity (Wildman–Crippen MR) is 193 cm³/mol. The number of benzene rings is 3. The maximum atomic E-state index is 4.34. The number of aromatic nitrogens is 5. The summed E-state index contributed by atoms with van der Waals surface area (Å²) in [5, 5.41) is 0. The van der Waals surface area contributed by atoms with E-state index >= 15 is 0 Å². The van der Waals surface area contributed by atoms with Crippen LogP contribution < -0.4 is 0 Å². The molecule has 0 radical (unpaired) electrons. The molecule has 0 aliphatic heterocycles. The van der Waals surface area contributed by atoms with Crippen molar-refractivity contribution in [2.45, 2.75) is 0 Å². The highest BCUT2D eigenvalue weighted by Gasteiger charge is 2.21. The molecule has 0 fully saturated rings. The van der Waals surface area contributed by atoms with E-state index in [4.69, 9.17) is 0 Å². The van der Waals surface area contributed by atoms with Crippen LogP contribution in [-0.4, -0.2) is 24.9 Å². The summed E-state index contributed by atoms with van der Waals surface area (Å²) in [7, 11) is 0. The number of hydrogen-bond donors (Lipinski definition) is 0. The van der Waals surface area contributed by atoms with E-state index in [1.165, 1.54) is 0 Å². The van der Waals surface area contributed by atoms with E-state index in [1.807, 2.05) is 62.0 Å². The Morgan fingerprint density at radius 2 is 0.479 bits per heavy atom. The molecule has 0 aliphatic rings. The van der Waals surface area contributed by atoms with Crippen LogP contribution in [0.1, 0.15) is 0 Å². The molecule has 0 spiro atoms. The summed E-state index contributed by atoms with van der Waals surface area (Å²) in [5.74, 6) is 0. The number of rotatable bonds is 7. The van der Waals surface area contributed by atoms with Gasteiger partial charge in [0.2, 0.25) is 0 Å². The van der Waals surface area contributed by atoms with Crippen molar-refractivity contribution in [1.82, 2.24) is 24.9 Å². The van der Waals surface area contributed by atoms with E-state index in [2.05, 4.69) is 140 Å². The van der Waals surface area contributed by atoms with Gasteiger partial charge in [-0.2, -0.15) is 0 Å². The molecule has 0 atom stereocenters. The third-order valence-corrected chi connectivity index (χ3v) is 8.61. The molecular formula is C43H29N5. The Labute approximate surface area is 279 Å². The third-order valence-electron chi connectivity index (χ3n) is 8.61. The van der Waals surface area contributed by atoms with Crippen molar-refractivity contribution in [2.75, 3.05) is 0 Å². The second kappa shape index (κ2) is 13.0. The molecule has 5 heterocycles. The molecular weight excluding hydrogens is 587 g/mol. The van der Waals surface area contributed by atoms with Crippen LogP contribution in [0.25, 0.3) is 77.9 Å². The second-order valence-electron chi connectivity index (χ2n) is 11.4. The van der Waals surface area contributed by atoms with Crippen molar-refractivity contribution in [1.29, 1.82) is 0 Å². The Morgan fingerprint density at radius 1 is 0.229 bits per heavy atom. The van der Waals surface area contributed by atoms with E-state index in [-0.39, 0.29) is 0 Å². The van der Waals surface area contributed by atoms with E-state index in [9.17, 15) is 0 Å². The summed E-state index contributed by atoms with van der Waals surface area (Å²) in [6.45, 7) is 0. The molecule has 0 aliphatic carbocycles. The van der Waals surface area contributed by atoms with E-state index in [1.54, 1.807) is 0 Å². The SMILES string of the molecule is c1ccc(-c2cc(-c3cc(-c4ccncc4)c(-c4ccncc4)c(-c4ccncc4)c3)cc(-c3ccncc3)c2-c2ccncc2)cc1. The Kier molecular flexibility index (Phi) is 7.83. The van der Waals surface area contributed by atoms with Gasteiger partial charge in [0.15, 0.2) is 0 Å². The summed E-state index contributed by atoms with van der Waals surface area (Å²) in [6.07, 6.45) is 18.5. The Balaban J connectivity index is 1.48. The van der Waals surface area contributed by atoms with Crippen LogP contribution in [0.3, 0.4) is 0 Å². The lowest BCUT2D eigenvalue weighted by Crippen LogP contribution is -1.96. The molecule has 48 heavy (non-hydrogen) atoms. The molecule has 8 rings (SSSR count). The summed E-state index contributed by atoms with van der Waals surface area (Å²) in [4.78, 5) is 21.7. The van der Waals surface area contributed by atoms with Crippen LogP contribution >= 0.6 is 0 Å². The molecule has 5 nitrogen and oxygen atoms in total. The maximum Gasteiger partial charge on any atom is 0.0273 e. The topological polar surface area (TPSA) is 64.5 Å². The maximum absolute atomic E-state index is 4.34. The van der Waals surface area contributed by atoms with Crippen LogP contribution in [0.2, 0.25) is 0 Å². The van der Waals surface area contributed by atoms with Gasteiger partial charge in [-0.05, 0) is 163 Å². The van der Waals surface area contributed by atoms with Crippen LogP contribution in [0, 0.1) is 0 Å². The molecule has 0 saturated carbocycles. The normalized spacial score (nSPS) is 10.9. The summed E-state index contributed by atoms with van der Waals surface area (Å²) < 4.78 is 0. The van der Waals surface area contributed by atoms with Gasteiger partial charge in [0.1, 0.15) is 0 Å². The first-order chi connectivity index (χ1) is 23.8. The summed E-state index contributed by atoms with van der Waals surface area (Å²) >= 11 is 0. The average molecular weight is 616 g/mol. The standard InChI is InChI=1S/C43H29N5/c1-2-4-30(5-3-1)38-26-36(27-39(31-6-16-44-17-7-31)42(38)34-12-22-47-23-13-34)37-28-40(32-8-18-45-19-9-32)43(35-14-24-48-25-15-35)41(29-37)33-10-20-46-21-11-33/h1-29H. The van der Waals surface area contributed by atoms with Gasteiger partial charge in [0.05, 0.1) is 0 Å². The van der Waals surface area contributed by atoms with Gasteiger partial charge in [-0.15, -0.1) is 0 Å². The average Bonchev–Trinajstić information content (AvgIpc) is 3.19. The van der Waals surface area contributed by atoms with Crippen molar-refractivity contribution in [3.05, 3.63) is 177 Å². The molecule has 0 N–H and O–H groups in total. The fraction of sp³-hybridized carbons (Fsp3) is 0. The molecule has 5 aromatic heterocycles. The minimum absolute atomic E-state index is 1.08. The zero-order valence-electron chi connectivity index (χ0n) is 26.0. The molecule has 0 saturated heterocycles. The fourth-order valence-corrected chi connectivity index (χ4v) is 6.40. The van der Waals surface area contributed by atoms with Crippen molar-refractivity contribution in [2.24, 2.45) is 0 Å². The molecule has 5 heteroatoms. The lowest BCUT2D eigenvalue weighted by molar-refractivity contribution is 1.32. The molecule has 0 amide bonds. The first kappa shape index (κ1) is 28.9. The van der Waals surface area contributed by atoms with Gasteiger partial charge in [0, 0.05) is 62.0 Å². The van der Waals surface area contributed by atoms with Crippen molar-refractivity contribution >= 4 is 0 Å². The number of pyridine rings is 5. The summed E-state index contributed by atoms with van der Waals surface area (Å²) in [6, 6.07) is 40.6. The van der Waals surface area contributed by atoms with E-state index in [0.717, 1.165) is 77.9 Å². The largest absolute Gasteiger partial charge is 0.265 e. The zero-order chi connectivity index (χ0) is 32.1. The van der Waals surface area contributed by atoms with Crippen LogP contribution in [0.4, 0.5) is 0 Å². The van der Waals surface area contributed by atoms with Crippen molar-refractivity contribution < 1.29 is 0 Å². The molecule has 3 aromatic carbocycles. The zero-order valence-corrected chi connectivity index (χ0v) is 26.0. The number of nitrogens with zero attached hydrogens (tertiary/aromatic N) is 5. The van der Waals surface area contributed by atoms with Crippen molar-refractivity contribution in [3.8, 4) is 77.9 Å². The molecule has 226 valence electrons. The van der Waals surface area contributed by atoms with Gasteiger partial charge in [0.25, 0.3) is 0 Å². The molecule has 8 aromatic rings. The van der Waals surface area contributed by atoms with Gasteiger partial charge < -0.3 is 0 Å². The first-order valence-corrected chi connectivity index (χ1v) is 15.8. The van der Waals surface area contributed by atoms with Crippen molar-refractivity contribution in [3.63, 3.8) is 0 Å². The Hall–Kier alpha value is -6.59. The highest BCUT2D eigenvalue weighted by molar-refractivity contribution is 6.01. The predicted octanol–water partition coefficient (Wildman–Crippen LogP) is 10.3. The monoisotopic (exact) mass is 615 g/mol. The molecule has 0 bridgehead atoms. The van der Waals surface area contributed by atoms with Gasteiger partial charge >= 0.3 is 0 Å². The Bertz CT molecular complexity index is 2010. The third kappa shape index (κ3) is 5.65. The van der Waals surface area contributed by atoms with E-state index < -0.39 is 0 Å². The lowest BCUT2D eigenvalue weighted by atomic mass is 9.82. The lowest BCUT2D eigenvalue weighted by Gasteiger charge is -2.21. The smallest absolute Gasteiger partial charge is 0.0273 e. The van der Waals surface area contributed by atoms with E-state index in [0.29, 0.717) is 0 Å². The first-order valence-electron chi connectivity index (χ1n) is 15.8. The van der Waals surface area contributed by atoms with Gasteiger partial charge in [-0.3, -0.25) is 24.9 Å². The number of hydrogen-bond acceptors (Lipinski definition) is 5. The van der Waals surface area contributed by atoms with Gasteiger partial charge in [-0.25, -0.2) is 0 Å². The highest BCUT2D eigenvalue weighted by Crippen LogP contribution is 2.46. The minimum atomic E-state index is 1.08. The molecule has 0 unspecified atom stereocenters. The summed E-state index contributed by atoms with van der Waals surface area (Å²) in [5.41, 5.74) is 15.5. The fourth-order valence-electron chi connectivity index (χ4n) is 6.40. The quantitative estimate of drug-likeness (QED) is 0.178. The second-order valence-corrected chi connectivity index (χ2v) is 11.4. The van der Waals surface area contributed by atoms with Gasteiger partial charge in [-0.1, -0.05) is 30.3 Å². The van der Waals surface area contributed by atoms with Crippen LogP contribution in [-0.2, 0) is 0 Å². The van der Waals surface area contributed by atoms with Crippen LogP contribution in [0.15, 0.2) is 177 Å². The highest BCUT2D eigenvalue weighted by atomic mass is 14.6. The van der Waals surface area contributed by atoms with Crippen LogP contribution in [0.5, 0.6) is 0 Å².